The minimum absolute atomic E-state index is 0.0194. The number of benzene rings is 1. The number of likely N-dealkylation sites (tertiary alicyclic amines) is 1. The summed E-state index contributed by atoms with van der Waals surface area (Å²) in [7, 11) is 3.84. The van der Waals surface area contributed by atoms with Crippen molar-refractivity contribution in [1.29, 1.82) is 0 Å². The van der Waals surface area contributed by atoms with Gasteiger partial charge in [-0.25, -0.2) is 4.98 Å². The number of fused-ring (bicyclic) bond motifs is 1. The fourth-order valence-corrected chi connectivity index (χ4v) is 3.33. The lowest BCUT2D eigenvalue weighted by molar-refractivity contribution is 0.0730. The zero-order valence-electron chi connectivity index (χ0n) is 14.2. The van der Waals surface area contributed by atoms with Crippen molar-refractivity contribution >= 4 is 22.6 Å². The molecular formula is C18H19N5O2. The minimum Gasteiger partial charge on any atom is -0.363 e. The maximum Gasteiger partial charge on any atom is 0.255 e. The molecule has 0 spiro atoms. The van der Waals surface area contributed by atoms with Gasteiger partial charge in [-0.05, 0) is 25.0 Å². The van der Waals surface area contributed by atoms with E-state index in [0.29, 0.717) is 17.9 Å². The maximum absolute atomic E-state index is 13.3. The van der Waals surface area contributed by atoms with Crippen LogP contribution >= 0.6 is 0 Å². The second kappa shape index (κ2) is 6.16. The highest BCUT2D eigenvalue weighted by molar-refractivity contribution is 6.07. The Kier molecular flexibility index (Phi) is 3.83. The average Bonchev–Trinajstić information content (AvgIpc) is 3.30. The van der Waals surface area contributed by atoms with Crippen molar-refractivity contribution in [1.82, 2.24) is 20.0 Å². The van der Waals surface area contributed by atoms with Crippen molar-refractivity contribution in [3.8, 4) is 0 Å². The van der Waals surface area contributed by atoms with Gasteiger partial charge in [0, 0.05) is 26.0 Å². The number of rotatable bonds is 3. The first-order valence-corrected chi connectivity index (χ1v) is 8.29. The van der Waals surface area contributed by atoms with Crippen LogP contribution in [0.3, 0.4) is 0 Å². The van der Waals surface area contributed by atoms with E-state index in [-0.39, 0.29) is 11.9 Å². The second-order valence-corrected chi connectivity index (χ2v) is 6.39. The summed E-state index contributed by atoms with van der Waals surface area (Å²) in [5.41, 5.74) is 1.47. The van der Waals surface area contributed by atoms with Gasteiger partial charge in [-0.2, -0.15) is 4.98 Å². The van der Waals surface area contributed by atoms with Crippen molar-refractivity contribution < 1.29 is 9.32 Å². The summed E-state index contributed by atoms with van der Waals surface area (Å²) in [5.74, 6) is 1.31. The van der Waals surface area contributed by atoms with Crippen molar-refractivity contribution in [2.45, 2.75) is 18.9 Å². The largest absolute Gasteiger partial charge is 0.363 e. The van der Waals surface area contributed by atoms with Gasteiger partial charge in [-0.1, -0.05) is 23.4 Å². The summed E-state index contributed by atoms with van der Waals surface area (Å²) in [6.07, 6.45) is 3.08. The van der Waals surface area contributed by atoms with E-state index in [1.54, 1.807) is 0 Å². The SMILES string of the molecule is CN(C)c1cc(C(=O)N2CCC[C@@H]2c2ncon2)c2ccccc2n1. The number of carbonyl (C=O) groups is 1. The van der Waals surface area contributed by atoms with E-state index in [0.717, 1.165) is 29.6 Å². The predicted molar refractivity (Wildman–Crippen MR) is 93.4 cm³/mol. The van der Waals surface area contributed by atoms with Crippen LogP contribution in [-0.2, 0) is 0 Å². The quantitative estimate of drug-likeness (QED) is 0.731. The first kappa shape index (κ1) is 15.6. The van der Waals surface area contributed by atoms with Crippen LogP contribution in [0.15, 0.2) is 41.2 Å². The second-order valence-electron chi connectivity index (χ2n) is 6.39. The van der Waals surface area contributed by atoms with Gasteiger partial charge in [-0.3, -0.25) is 4.79 Å². The smallest absolute Gasteiger partial charge is 0.255 e. The van der Waals surface area contributed by atoms with E-state index in [9.17, 15) is 4.79 Å². The lowest BCUT2D eigenvalue weighted by Gasteiger charge is -2.24. The third-order valence-electron chi connectivity index (χ3n) is 4.58. The Morgan fingerprint density at radius 1 is 1.32 bits per heavy atom. The minimum atomic E-state index is -0.138. The molecule has 1 aliphatic heterocycles. The molecule has 2 aromatic heterocycles. The highest BCUT2D eigenvalue weighted by atomic mass is 16.5. The maximum atomic E-state index is 13.3. The van der Waals surface area contributed by atoms with Gasteiger partial charge in [0.1, 0.15) is 5.82 Å². The highest BCUT2D eigenvalue weighted by Gasteiger charge is 2.34. The molecule has 4 rings (SSSR count). The summed E-state index contributed by atoms with van der Waals surface area (Å²) >= 11 is 0. The lowest BCUT2D eigenvalue weighted by Crippen LogP contribution is -2.31. The third kappa shape index (κ3) is 2.71. The van der Waals surface area contributed by atoms with Crippen LogP contribution in [0.25, 0.3) is 10.9 Å². The Hall–Kier alpha value is -2.96. The summed E-state index contributed by atoms with van der Waals surface area (Å²) in [5, 5.41) is 4.79. The van der Waals surface area contributed by atoms with Crippen molar-refractivity contribution in [3.05, 3.63) is 48.1 Å². The highest BCUT2D eigenvalue weighted by Crippen LogP contribution is 2.33. The van der Waals surface area contributed by atoms with E-state index in [4.69, 9.17) is 4.52 Å². The zero-order chi connectivity index (χ0) is 17.4. The first-order valence-electron chi connectivity index (χ1n) is 8.29. The predicted octanol–water partition coefficient (Wildman–Crippen LogP) is 2.66. The van der Waals surface area contributed by atoms with Crippen LogP contribution in [0.5, 0.6) is 0 Å². The van der Waals surface area contributed by atoms with Crippen molar-refractivity contribution in [3.63, 3.8) is 0 Å². The van der Waals surface area contributed by atoms with Crippen molar-refractivity contribution in [2.24, 2.45) is 0 Å². The molecule has 7 heteroatoms. The molecule has 1 saturated heterocycles. The number of anilines is 1. The standard InChI is InChI=1S/C18H19N5O2/c1-22(2)16-10-13(12-6-3-4-7-14(12)20-16)18(24)23-9-5-8-15(23)17-19-11-25-21-17/h3-4,6-7,10-11,15H,5,8-9H2,1-2H3/t15-/m1/s1. The summed E-state index contributed by atoms with van der Waals surface area (Å²) in [6, 6.07) is 9.45. The van der Waals surface area contributed by atoms with Gasteiger partial charge in [0.05, 0.1) is 17.1 Å². The number of hydrogen-bond donors (Lipinski definition) is 0. The molecule has 0 bridgehead atoms. The van der Waals surface area contributed by atoms with E-state index < -0.39 is 0 Å². The molecule has 0 saturated carbocycles. The molecule has 3 heterocycles. The molecule has 1 atom stereocenters. The van der Waals surface area contributed by atoms with E-state index >= 15 is 0 Å². The summed E-state index contributed by atoms with van der Waals surface area (Å²) in [4.78, 5) is 25.9. The van der Waals surface area contributed by atoms with Crippen molar-refractivity contribution in [2.75, 3.05) is 25.5 Å². The molecule has 0 radical (unpaired) electrons. The number of carbonyl (C=O) groups excluding carboxylic acids is 1. The van der Waals surface area contributed by atoms with Gasteiger partial charge in [0.15, 0.2) is 5.82 Å². The molecule has 3 aromatic rings. The topological polar surface area (TPSA) is 75.4 Å². The van der Waals surface area contributed by atoms with Crippen LogP contribution in [0.1, 0.15) is 35.1 Å². The molecule has 1 amide bonds. The zero-order valence-corrected chi connectivity index (χ0v) is 14.2. The monoisotopic (exact) mass is 337 g/mol. The molecule has 0 N–H and O–H groups in total. The van der Waals surface area contributed by atoms with Crippen LogP contribution in [-0.4, -0.2) is 46.6 Å². The average molecular weight is 337 g/mol. The van der Waals surface area contributed by atoms with Crippen LogP contribution in [0, 0.1) is 0 Å². The van der Waals surface area contributed by atoms with E-state index in [1.807, 2.05) is 54.2 Å². The van der Waals surface area contributed by atoms with Crippen LogP contribution in [0.2, 0.25) is 0 Å². The molecule has 7 nitrogen and oxygen atoms in total. The molecule has 25 heavy (non-hydrogen) atoms. The molecular weight excluding hydrogens is 318 g/mol. The molecule has 1 aromatic carbocycles. The first-order chi connectivity index (χ1) is 12.1. The number of para-hydroxylation sites is 1. The summed E-state index contributed by atoms with van der Waals surface area (Å²) in [6.45, 7) is 0.686. The number of nitrogens with zero attached hydrogens (tertiary/aromatic N) is 5. The third-order valence-corrected chi connectivity index (χ3v) is 4.58. The number of amides is 1. The Balaban J connectivity index is 1.79. The number of pyridine rings is 1. The Labute approximate surface area is 145 Å². The molecule has 0 unspecified atom stereocenters. The van der Waals surface area contributed by atoms with Gasteiger partial charge < -0.3 is 14.3 Å². The molecule has 1 aliphatic rings. The van der Waals surface area contributed by atoms with Gasteiger partial charge in [-0.15, -0.1) is 0 Å². The van der Waals surface area contributed by atoms with Crippen LogP contribution in [0.4, 0.5) is 5.82 Å². The Bertz CT molecular complexity index is 907. The Morgan fingerprint density at radius 2 is 2.16 bits per heavy atom. The van der Waals surface area contributed by atoms with Gasteiger partial charge in [0.25, 0.3) is 5.91 Å². The number of hydrogen-bond acceptors (Lipinski definition) is 6. The normalized spacial score (nSPS) is 17.2. The number of aromatic nitrogens is 3. The summed E-state index contributed by atoms with van der Waals surface area (Å²) < 4.78 is 4.87. The Morgan fingerprint density at radius 3 is 2.92 bits per heavy atom. The van der Waals surface area contributed by atoms with E-state index in [2.05, 4.69) is 15.1 Å². The van der Waals surface area contributed by atoms with Crippen LogP contribution < -0.4 is 4.90 Å². The van der Waals surface area contributed by atoms with E-state index in [1.165, 1.54) is 6.39 Å². The molecule has 1 fully saturated rings. The van der Waals surface area contributed by atoms with Gasteiger partial charge in [0.2, 0.25) is 6.39 Å². The fourth-order valence-electron chi connectivity index (χ4n) is 3.33. The molecule has 128 valence electrons. The lowest BCUT2D eigenvalue weighted by atomic mass is 10.1. The molecule has 0 aliphatic carbocycles. The fraction of sp³-hybridized carbons (Fsp3) is 0.333. The van der Waals surface area contributed by atoms with Gasteiger partial charge >= 0.3 is 0 Å².